The van der Waals surface area contributed by atoms with Crippen LogP contribution in [0.3, 0.4) is 0 Å². The minimum absolute atomic E-state index is 0.562. The Bertz CT molecular complexity index is 486. The SMILES string of the molecule is CCC1CCC(C)N1c1n[nH]c(=S)n1C1CCCC1. The standard InChI is InChI=1S/C14H24N4S/c1-3-11-9-8-10(2)17(11)13-15-16-14(19)18(13)12-6-4-5-7-12/h10-12H,3-9H2,1-2H3,(H,16,19). The molecule has 1 aromatic heterocycles. The number of hydrogen-bond acceptors (Lipinski definition) is 3. The van der Waals surface area contributed by atoms with Gasteiger partial charge < -0.3 is 4.90 Å². The zero-order chi connectivity index (χ0) is 13.4. The molecule has 0 radical (unpaired) electrons. The van der Waals surface area contributed by atoms with Crippen molar-refractivity contribution in [2.75, 3.05) is 4.90 Å². The molecule has 1 aliphatic carbocycles. The summed E-state index contributed by atoms with van der Waals surface area (Å²) in [6.45, 7) is 4.59. The number of anilines is 1. The zero-order valence-electron chi connectivity index (χ0n) is 11.9. The van der Waals surface area contributed by atoms with Crippen LogP contribution < -0.4 is 4.90 Å². The van der Waals surface area contributed by atoms with Crippen LogP contribution in [0, 0.1) is 4.77 Å². The van der Waals surface area contributed by atoms with Gasteiger partial charge in [-0.2, -0.15) is 0 Å². The van der Waals surface area contributed by atoms with Gasteiger partial charge in [-0.05, 0) is 51.2 Å². The van der Waals surface area contributed by atoms with Gasteiger partial charge in [-0.1, -0.05) is 19.8 Å². The van der Waals surface area contributed by atoms with Crippen molar-refractivity contribution < 1.29 is 0 Å². The lowest BCUT2D eigenvalue weighted by atomic mass is 10.2. The third-order valence-electron chi connectivity index (χ3n) is 4.86. The van der Waals surface area contributed by atoms with Gasteiger partial charge in [0.1, 0.15) is 0 Å². The van der Waals surface area contributed by atoms with Gasteiger partial charge in [0.15, 0.2) is 4.77 Å². The Balaban J connectivity index is 1.98. The highest BCUT2D eigenvalue weighted by Crippen LogP contribution is 2.36. The maximum Gasteiger partial charge on any atom is 0.226 e. The molecule has 1 saturated carbocycles. The normalized spacial score (nSPS) is 28.4. The van der Waals surface area contributed by atoms with Crippen molar-refractivity contribution >= 4 is 18.2 Å². The van der Waals surface area contributed by atoms with E-state index in [-0.39, 0.29) is 0 Å². The number of rotatable bonds is 3. The Morgan fingerprint density at radius 2 is 2.00 bits per heavy atom. The van der Waals surface area contributed by atoms with Crippen molar-refractivity contribution in [3.05, 3.63) is 4.77 Å². The molecule has 1 saturated heterocycles. The van der Waals surface area contributed by atoms with Gasteiger partial charge in [-0.15, -0.1) is 5.10 Å². The third kappa shape index (κ3) is 2.22. The molecule has 2 heterocycles. The van der Waals surface area contributed by atoms with Gasteiger partial charge in [0.2, 0.25) is 5.95 Å². The molecular weight excluding hydrogens is 256 g/mol. The summed E-state index contributed by atoms with van der Waals surface area (Å²) in [6, 6.07) is 1.77. The summed E-state index contributed by atoms with van der Waals surface area (Å²) < 4.78 is 3.10. The van der Waals surface area contributed by atoms with Crippen molar-refractivity contribution in [2.45, 2.75) is 76.9 Å². The molecule has 1 aromatic rings. The minimum atomic E-state index is 0.562. The van der Waals surface area contributed by atoms with Crippen LogP contribution in [0.5, 0.6) is 0 Å². The summed E-state index contributed by atoms with van der Waals surface area (Å²) in [4.78, 5) is 2.50. The number of nitrogens with one attached hydrogen (secondary N) is 1. The Morgan fingerprint density at radius 3 is 2.68 bits per heavy atom. The predicted octanol–water partition coefficient (Wildman–Crippen LogP) is 3.82. The largest absolute Gasteiger partial charge is 0.335 e. The highest BCUT2D eigenvalue weighted by molar-refractivity contribution is 7.71. The highest BCUT2D eigenvalue weighted by atomic mass is 32.1. The van der Waals surface area contributed by atoms with E-state index in [1.54, 1.807) is 0 Å². The van der Waals surface area contributed by atoms with Gasteiger partial charge in [0.05, 0.1) is 0 Å². The molecule has 0 amide bonds. The highest BCUT2D eigenvalue weighted by Gasteiger charge is 2.34. The molecule has 0 bridgehead atoms. The first-order valence-electron chi connectivity index (χ1n) is 7.67. The first kappa shape index (κ1) is 13.2. The summed E-state index contributed by atoms with van der Waals surface area (Å²) >= 11 is 5.48. The average Bonchev–Trinajstić information content (AvgIpc) is 3.08. The van der Waals surface area contributed by atoms with Gasteiger partial charge in [0.25, 0.3) is 0 Å². The molecule has 2 fully saturated rings. The summed E-state index contributed by atoms with van der Waals surface area (Å²) in [5.74, 6) is 1.09. The first-order valence-corrected chi connectivity index (χ1v) is 8.08. The van der Waals surface area contributed by atoms with Crippen molar-refractivity contribution in [1.29, 1.82) is 0 Å². The Labute approximate surface area is 120 Å². The van der Waals surface area contributed by atoms with Crippen LogP contribution in [0.1, 0.15) is 64.8 Å². The van der Waals surface area contributed by atoms with E-state index >= 15 is 0 Å². The lowest BCUT2D eigenvalue weighted by molar-refractivity contribution is 0.493. The van der Waals surface area contributed by atoms with Crippen molar-refractivity contribution in [3.63, 3.8) is 0 Å². The summed E-state index contributed by atoms with van der Waals surface area (Å²) in [7, 11) is 0. The van der Waals surface area contributed by atoms with E-state index in [4.69, 9.17) is 12.2 Å². The molecule has 0 aromatic carbocycles. The van der Waals surface area contributed by atoms with E-state index in [0.717, 1.165) is 10.7 Å². The summed E-state index contributed by atoms with van der Waals surface area (Å²) in [6.07, 6.45) is 8.88. The number of aromatic amines is 1. The lowest BCUT2D eigenvalue weighted by Gasteiger charge is -2.30. The van der Waals surface area contributed by atoms with Crippen molar-refractivity contribution in [3.8, 4) is 0 Å². The lowest BCUT2D eigenvalue weighted by Crippen LogP contribution is -2.36. The number of hydrogen-bond donors (Lipinski definition) is 1. The van der Waals surface area contributed by atoms with Crippen LogP contribution in [0.15, 0.2) is 0 Å². The molecule has 19 heavy (non-hydrogen) atoms. The van der Waals surface area contributed by atoms with E-state index in [2.05, 4.69) is 33.5 Å². The molecule has 4 nitrogen and oxygen atoms in total. The van der Waals surface area contributed by atoms with Crippen LogP contribution in [0.2, 0.25) is 0 Å². The average molecular weight is 280 g/mol. The van der Waals surface area contributed by atoms with Gasteiger partial charge >= 0.3 is 0 Å². The fourth-order valence-corrected chi connectivity index (χ4v) is 4.08. The first-order chi connectivity index (χ1) is 9.22. The number of nitrogens with zero attached hydrogens (tertiary/aromatic N) is 3. The Kier molecular flexibility index (Phi) is 3.65. The van der Waals surface area contributed by atoms with Crippen molar-refractivity contribution in [1.82, 2.24) is 14.8 Å². The number of aromatic nitrogens is 3. The van der Waals surface area contributed by atoms with E-state index in [0.29, 0.717) is 18.1 Å². The summed E-state index contributed by atoms with van der Waals surface area (Å²) in [5, 5.41) is 7.59. The van der Waals surface area contributed by atoms with Gasteiger partial charge in [0, 0.05) is 18.1 Å². The molecule has 1 N–H and O–H groups in total. The Morgan fingerprint density at radius 1 is 1.26 bits per heavy atom. The topological polar surface area (TPSA) is 36.9 Å². The second-order valence-corrected chi connectivity index (χ2v) is 6.42. The second-order valence-electron chi connectivity index (χ2n) is 6.03. The molecule has 2 aliphatic rings. The van der Waals surface area contributed by atoms with Gasteiger partial charge in [-0.25, -0.2) is 5.10 Å². The Hall–Kier alpha value is -0.840. The third-order valence-corrected chi connectivity index (χ3v) is 5.15. The number of H-pyrrole nitrogens is 1. The summed E-state index contributed by atoms with van der Waals surface area (Å²) in [5.41, 5.74) is 0. The van der Waals surface area contributed by atoms with E-state index in [1.165, 1.54) is 44.9 Å². The molecule has 106 valence electrons. The van der Waals surface area contributed by atoms with E-state index in [9.17, 15) is 0 Å². The molecule has 2 atom stereocenters. The van der Waals surface area contributed by atoms with E-state index < -0.39 is 0 Å². The smallest absolute Gasteiger partial charge is 0.226 e. The van der Waals surface area contributed by atoms with Crippen LogP contribution >= 0.6 is 12.2 Å². The monoisotopic (exact) mass is 280 g/mol. The molecule has 3 rings (SSSR count). The van der Waals surface area contributed by atoms with E-state index in [1.807, 2.05) is 0 Å². The molecular formula is C14H24N4S. The van der Waals surface area contributed by atoms with Crippen LogP contribution in [-0.2, 0) is 0 Å². The maximum atomic E-state index is 5.48. The van der Waals surface area contributed by atoms with Crippen molar-refractivity contribution in [2.24, 2.45) is 0 Å². The molecule has 5 heteroatoms. The van der Waals surface area contributed by atoms with Gasteiger partial charge in [-0.3, -0.25) is 4.57 Å². The van der Waals surface area contributed by atoms with Crippen LogP contribution in [-0.4, -0.2) is 26.8 Å². The van der Waals surface area contributed by atoms with Crippen LogP contribution in [0.4, 0.5) is 5.95 Å². The molecule has 2 unspecified atom stereocenters. The minimum Gasteiger partial charge on any atom is -0.335 e. The maximum absolute atomic E-state index is 5.48. The quantitative estimate of drug-likeness (QED) is 0.855. The molecule has 1 aliphatic heterocycles. The molecule has 0 spiro atoms. The predicted molar refractivity (Wildman–Crippen MR) is 80.2 cm³/mol. The van der Waals surface area contributed by atoms with Crippen LogP contribution in [0.25, 0.3) is 0 Å². The fraction of sp³-hybridized carbons (Fsp3) is 0.857. The fourth-order valence-electron chi connectivity index (χ4n) is 3.80. The second kappa shape index (κ2) is 5.27. The zero-order valence-corrected chi connectivity index (χ0v) is 12.7.